The first kappa shape index (κ1) is 14.6. The summed E-state index contributed by atoms with van der Waals surface area (Å²) < 4.78 is 48.1. The number of halogens is 3. The Morgan fingerprint density at radius 2 is 1.81 bits per heavy atom. The zero-order chi connectivity index (χ0) is 15.2. The second kappa shape index (κ2) is 5.12. The van der Waals surface area contributed by atoms with Crippen molar-refractivity contribution in [3.05, 3.63) is 24.3 Å². The maximum atomic E-state index is 12.3. The summed E-state index contributed by atoms with van der Waals surface area (Å²) >= 11 is 0. The molecule has 0 aromatic heterocycles. The van der Waals surface area contributed by atoms with Crippen LogP contribution >= 0.6 is 0 Å². The van der Waals surface area contributed by atoms with E-state index in [0.717, 1.165) is 18.6 Å². The van der Waals surface area contributed by atoms with Crippen molar-refractivity contribution in [3.63, 3.8) is 0 Å². The maximum Gasteiger partial charge on any atom is 0.475 e. The van der Waals surface area contributed by atoms with Crippen LogP contribution in [0.5, 0.6) is 0 Å². The van der Waals surface area contributed by atoms with Crippen LogP contribution in [-0.2, 0) is 15.6 Å². The molecule has 114 valence electrons. The van der Waals surface area contributed by atoms with Crippen molar-refractivity contribution in [1.82, 2.24) is 0 Å². The summed E-state index contributed by atoms with van der Waals surface area (Å²) in [4.78, 5) is 11.6. The molecular weight excluding hydrogens is 303 g/mol. The van der Waals surface area contributed by atoms with Crippen molar-refractivity contribution >= 4 is 22.4 Å². The number of amides is 1. The molecule has 1 aromatic rings. The monoisotopic (exact) mass is 317 g/mol. The quantitative estimate of drug-likeness (QED) is 0.926. The molecule has 0 saturated heterocycles. The predicted octanol–water partition coefficient (Wildman–Crippen LogP) is 3.30. The Morgan fingerprint density at radius 3 is 2.33 bits per heavy atom. The lowest BCUT2D eigenvalue weighted by atomic mass is 10.2. The molecule has 3 atom stereocenters. The number of anilines is 1. The number of rotatable bonds is 4. The number of benzene rings is 1. The van der Waals surface area contributed by atoms with Crippen molar-refractivity contribution in [2.24, 2.45) is 17.8 Å². The van der Waals surface area contributed by atoms with Gasteiger partial charge in [0.25, 0.3) is 0 Å². The molecule has 2 saturated carbocycles. The summed E-state index contributed by atoms with van der Waals surface area (Å²) in [5, 5.41) is 2.70. The summed E-state index contributed by atoms with van der Waals surface area (Å²) in [5.74, 6) is 1.15. The molecule has 0 aliphatic heterocycles. The number of hydrogen-bond donors (Lipinski definition) is 1. The molecule has 3 nitrogen and oxygen atoms in total. The van der Waals surface area contributed by atoms with Crippen LogP contribution in [0.15, 0.2) is 29.2 Å². The Bertz CT molecular complexity index is 581. The fraction of sp³-hybridized carbons (Fsp3) is 0.500. The highest BCUT2D eigenvalue weighted by Gasteiger charge is 2.51. The van der Waals surface area contributed by atoms with Gasteiger partial charge in [0.05, 0.1) is 0 Å². The van der Waals surface area contributed by atoms with E-state index in [1.54, 1.807) is 0 Å². The SMILES string of the molecule is O=C(Nc1ccc(S(=O)C(F)(F)F)cc1)C1CC1C1CC1. The Balaban J connectivity index is 1.59. The lowest BCUT2D eigenvalue weighted by Crippen LogP contribution is -2.17. The van der Waals surface area contributed by atoms with Gasteiger partial charge in [0.1, 0.15) is 0 Å². The number of carbonyl (C=O) groups is 1. The van der Waals surface area contributed by atoms with Crippen LogP contribution in [-0.4, -0.2) is 15.6 Å². The highest BCUT2D eigenvalue weighted by molar-refractivity contribution is 7.86. The topological polar surface area (TPSA) is 46.2 Å². The molecule has 1 N–H and O–H groups in total. The van der Waals surface area contributed by atoms with Crippen LogP contribution in [0.1, 0.15) is 19.3 Å². The largest absolute Gasteiger partial charge is 0.475 e. The van der Waals surface area contributed by atoms with E-state index >= 15 is 0 Å². The van der Waals surface area contributed by atoms with Crippen LogP contribution in [0.2, 0.25) is 0 Å². The molecule has 7 heteroatoms. The molecule has 0 heterocycles. The van der Waals surface area contributed by atoms with Crippen LogP contribution < -0.4 is 5.32 Å². The van der Waals surface area contributed by atoms with E-state index in [1.165, 1.54) is 25.0 Å². The minimum Gasteiger partial charge on any atom is -0.326 e. The van der Waals surface area contributed by atoms with Gasteiger partial charge in [-0.1, -0.05) is 0 Å². The van der Waals surface area contributed by atoms with Crippen molar-refractivity contribution in [2.75, 3.05) is 5.32 Å². The van der Waals surface area contributed by atoms with Gasteiger partial charge >= 0.3 is 5.51 Å². The minimum atomic E-state index is -4.77. The maximum absolute atomic E-state index is 12.3. The molecule has 0 radical (unpaired) electrons. The predicted molar refractivity (Wildman–Crippen MR) is 71.9 cm³/mol. The van der Waals surface area contributed by atoms with Crippen molar-refractivity contribution in [1.29, 1.82) is 0 Å². The van der Waals surface area contributed by atoms with E-state index in [-0.39, 0.29) is 16.7 Å². The van der Waals surface area contributed by atoms with E-state index in [4.69, 9.17) is 0 Å². The lowest BCUT2D eigenvalue weighted by Gasteiger charge is -2.08. The third kappa shape index (κ3) is 3.28. The summed E-state index contributed by atoms with van der Waals surface area (Å²) in [6.45, 7) is 0. The van der Waals surface area contributed by atoms with Crippen molar-refractivity contribution in [2.45, 2.75) is 29.7 Å². The summed E-state index contributed by atoms with van der Waals surface area (Å²) in [5.41, 5.74) is -4.33. The van der Waals surface area contributed by atoms with E-state index in [1.807, 2.05) is 0 Å². The zero-order valence-electron chi connectivity index (χ0n) is 11.0. The van der Waals surface area contributed by atoms with Gasteiger partial charge < -0.3 is 5.32 Å². The Labute approximate surface area is 122 Å². The zero-order valence-corrected chi connectivity index (χ0v) is 11.8. The second-order valence-electron chi connectivity index (χ2n) is 5.57. The number of hydrogen-bond acceptors (Lipinski definition) is 2. The van der Waals surface area contributed by atoms with Crippen LogP contribution in [0.4, 0.5) is 18.9 Å². The third-order valence-electron chi connectivity index (χ3n) is 3.95. The molecule has 2 aliphatic carbocycles. The molecule has 2 fully saturated rings. The number of alkyl halides is 3. The average Bonchev–Trinajstić information content (AvgIpc) is 3.27. The highest BCUT2D eigenvalue weighted by atomic mass is 32.2. The fourth-order valence-electron chi connectivity index (χ4n) is 2.59. The van der Waals surface area contributed by atoms with Crippen LogP contribution in [0.3, 0.4) is 0 Å². The third-order valence-corrected chi connectivity index (χ3v) is 5.07. The molecular formula is C14H14F3NO2S. The van der Waals surface area contributed by atoms with Gasteiger partial charge in [-0.05, 0) is 55.4 Å². The first-order valence-corrected chi connectivity index (χ1v) is 7.91. The van der Waals surface area contributed by atoms with Crippen LogP contribution in [0, 0.1) is 17.8 Å². The van der Waals surface area contributed by atoms with E-state index in [9.17, 15) is 22.2 Å². The first-order chi connectivity index (χ1) is 9.86. The lowest BCUT2D eigenvalue weighted by molar-refractivity contribution is -0.117. The van der Waals surface area contributed by atoms with Crippen molar-refractivity contribution in [3.8, 4) is 0 Å². The summed E-state index contributed by atoms with van der Waals surface area (Å²) in [6.07, 6.45) is 3.31. The minimum absolute atomic E-state index is 0.0430. The Hall–Kier alpha value is -1.37. The number of carbonyl (C=O) groups excluding carboxylic acids is 1. The van der Waals surface area contributed by atoms with Gasteiger partial charge in [-0.3, -0.25) is 4.79 Å². The van der Waals surface area contributed by atoms with Crippen LogP contribution in [0.25, 0.3) is 0 Å². The summed E-state index contributed by atoms with van der Waals surface area (Å²) in [7, 11) is -3.03. The molecule has 3 unspecified atom stereocenters. The van der Waals surface area contributed by atoms with E-state index < -0.39 is 16.3 Å². The van der Waals surface area contributed by atoms with Gasteiger partial charge in [-0.2, -0.15) is 13.2 Å². The molecule has 2 aliphatic rings. The van der Waals surface area contributed by atoms with Gasteiger partial charge in [0.2, 0.25) is 5.91 Å². The molecule has 1 aromatic carbocycles. The van der Waals surface area contributed by atoms with E-state index in [2.05, 4.69) is 5.32 Å². The average molecular weight is 317 g/mol. The summed E-state index contributed by atoms with van der Waals surface area (Å²) in [6, 6.07) is 4.96. The van der Waals surface area contributed by atoms with Gasteiger partial charge in [-0.25, -0.2) is 4.21 Å². The Kier molecular flexibility index (Phi) is 3.55. The fourth-order valence-corrected chi connectivity index (χ4v) is 3.24. The molecule has 3 rings (SSSR count). The second-order valence-corrected chi connectivity index (χ2v) is 7.04. The van der Waals surface area contributed by atoms with E-state index in [0.29, 0.717) is 17.5 Å². The standard InChI is InChI=1S/C14H14F3NO2S/c15-14(16,17)21(20)10-5-3-9(4-6-10)18-13(19)12-7-11(12)8-1-2-8/h3-6,8,11-12H,1-2,7H2,(H,18,19). The number of nitrogens with one attached hydrogen (secondary N) is 1. The molecule has 21 heavy (non-hydrogen) atoms. The van der Waals surface area contributed by atoms with Crippen molar-refractivity contribution < 1.29 is 22.2 Å². The normalized spacial score (nSPS) is 26.2. The molecule has 0 bridgehead atoms. The first-order valence-electron chi connectivity index (χ1n) is 6.76. The van der Waals surface area contributed by atoms with Gasteiger partial charge in [-0.15, -0.1) is 0 Å². The Morgan fingerprint density at radius 1 is 1.19 bits per heavy atom. The molecule has 0 spiro atoms. The van der Waals surface area contributed by atoms with Gasteiger partial charge in [0, 0.05) is 16.5 Å². The van der Waals surface area contributed by atoms with Gasteiger partial charge in [0.15, 0.2) is 10.8 Å². The smallest absolute Gasteiger partial charge is 0.326 e. The molecule has 1 amide bonds. The highest BCUT2D eigenvalue weighted by Crippen LogP contribution is 2.54.